The number of thiazole rings is 1. The van der Waals surface area contributed by atoms with Crippen LogP contribution in [0.1, 0.15) is 29.8 Å². The number of piperazine rings is 1. The standard InChI is InChI=1S/C35H30ClF3N8O2S2/c36-23-14-21-30(29(39)28(23)20-2-3-24(38)31-27(20)22(16-40)32(41)51-31)43-34(49-18-35-6-1-8-47(35)17-19(37)15-35)44-33(21)46-11-9-45(10-12-46)26(48)5-4-25-42-7-13-50-25/h2-5,7,13-14,19H,1,6,8-12,15,17-18,41H2/b5-4+/t19-,35+/m1/s1. The van der Waals surface area contributed by atoms with Crippen molar-refractivity contribution in [2.75, 3.05) is 56.5 Å². The van der Waals surface area contributed by atoms with Gasteiger partial charge >= 0.3 is 6.01 Å². The van der Waals surface area contributed by atoms with E-state index in [0.717, 1.165) is 35.7 Å². The van der Waals surface area contributed by atoms with Crippen molar-refractivity contribution in [3.05, 3.63) is 63.1 Å². The van der Waals surface area contributed by atoms with Gasteiger partial charge < -0.3 is 20.3 Å². The molecular formula is C35H30ClF3N8O2S2. The van der Waals surface area contributed by atoms with Gasteiger partial charge in [-0.3, -0.25) is 9.69 Å². The third-order valence-corrected chi connectivity index (χ3v) is 12.0. The number of nitrogens with two attached hydrogens (primary N) is 1. The van der Waals surface area contributed by atoms with Crippen LogP contribution in [0.25, 0.3) is 38.2 Å². The summed E-state index contributed by atoms with van der Waals surface area (Å²) in [4.78, 5) is 32.2. The van der Waals surface area contributed by atoms with E-state index in [4.69, 9.17) is 27.1 Å². The Kier molecular flexibility index (Phi) is 8.74. The zero-order valence-corrected chi connectivity index (χ0v) is 29.4. The van der Waals surface area contributed by atoms with Crippen molar-refractivity contribution in [1.29, 1.82) is 5.26 Å². The lowest BCUT2D eigenvalue weighted by Gasteiger charge is -2.35. The number of hydrogen-bond acceptors (Lipinski definition) is 11. The van der Waals surface area contributed by atoms with Crippen LogP contribution < -0.4 is 15.4 Å². The Bertz CT molecular complexity index is 2250. The second-order valence-corrected chi connectivity index (χ2v) is 15.3. The smallest absolute Gasteiger partial charge is 0.319 e. The summed E-state index contributed by atoms with van der Waals surface area (Å²) in [5, 5.41) is 13.0. The Morgan fingerprint density at radius 1 is 1.22 bits per heavy atom. The van der Waals surface area contributed by atoms with E-state index in [1.54, 1.807) is 23.2 Å². The van der Waals surface area contributed by atoms with Crippen LogP contribution in [-0.4, -0.2) is 88.2 Å². The largest absolute Gasteiger partial charge is 0.461 e. The van der Waals surface area contributed by atoms with Crippen molar-refractivity contribution < 1.29 is 22.7 Å². The van der Waals surface area contributed by atoms with Crippen LogP contribution in [0.5, 0.6) is 6.01 Å². The van der Waals surface area contributed by atoms with E-state index in [2.05, 4.69) is 14.9 Å². The molecule has 3 fully saturated rings. The predicted octanol–water partition coefficient (Wildman–Crippen LogP) is 6.67. The maximum Gasteiger partial charge on any atom is 0.319 e. The van der Waals surface area contributed by atoms with Crippen LogP contribution in [-0.2, 0) is 4.79 Å². The lowest BCUT2D eigenvalue weighted by Crippen LogP contribution is -2.48. The first-order chi connectivity index (χ1) is 24.7. The highest BCUT2D eigenvalue weighted by molar-refractivity contribution is 7.23. The second kappa shape index (κ2) is 13.2. The van der Waals surface area contributed by atoms with Gasteiger partial charge in [-0.2, -0.15) is 15.2 Å². The fraction of sp³-hybridized carbons (Fsp3) is 0.343. The number of nitrogen functional groups attached to an aromatic ring is 1. The molecule has 51 heavy (non-hydrogen) atoms. The van der Waals surface area contributed by atoms with Crippen molar-refractivity contribution in [3.8, 4) is 23.2 Å². The van der Waals surface area contributed by atoms with Crippen LogP contribution >= 0.6 is 34.3 Å². The van der Waals surface area contributed by atoms with Crippen LogP contribution in [0.3, 0.4) is 0 Å². The summed E-state index contributed by atoms with van der Waals surface area (Å²) in [7, 11) is 0. The Labute approximate surface area is 303 Å². The molecule has 0 radical (unpaired) electrons. The SMILES string of the molecule is N#Cc1c(N)sc2c(F)ccc(-c3c(Cl)cc4c(N5CCN(C(=O)/C=C/c6nccs6)CC5)nc(OC[C@@]56CCCN5C[C@H](F)C6)nc4c3F)c12. The quantitative estimate of drug-likeness (QED) is 0.182. The van der Waals surface area contributed by atoms with Gasteiger partial charge in [-0.25, -0.2) is 18.2 Å². The zero-order valence-electron chi connectivity index (χ0n) is 27.0. The highest BCUT2D eigenvalue weighted by atomic mass is 35.5. The zero-order chi connectivity index (χ0) is 35.4. The van der Waals surface area contributed by atoms with Gasteiger partial charge in [0.05, 0.1) is 20.8 Å². The highest BCUT2D eigenvalue weighted by Gasteiger charge is 2.49. The second-order valence-electron chi connectivity index (χ2n) is 12.9. The van der Waals surface area contributed by atoms with Gasteiger partial charge in [0.2, 0.25) is 5.91 Å². The Morgan fingerprint density at radius 3 is 2.80 bits per heavy atom. The van der Waals surface area contributed by atoms with Gasteiger partial charge in [0.25, 0.3) is 0 Å². The molecule has 3 aliphatic rings. The van der Waals surface area contributed by atoms with Crippen LogP contribution in [0.15, 0.2) is 35.9 Å². The molecule has 6 heterocycles. The molecule has 0 bridgehead atoms. The van der Waals surface area contributed by atoms with E-state index in [1.807, 2.05) is 16.3 Å². The highest BCUT2D eigenvalue weighted by Crippen LogP contribution is 2.46. The maximum atomic E-state index is 17.0. The van der Waals surface area contributed by atoms with E-state index in [0.29, 0.717) is 50.3 Å². The average molecular weight is 751 g/mol. The first-order valence-corrected chi connectivity index (χ1v) is 18.5. The van der Waals surface area contributed by atoms with Crippen LogP contribution in [0.4, 0.5) is 24.0 Å². The van der Waals surface area contributed by atoms with Gasteiger partial charge in [-0.05, 0) is 43.2 Å². The van der Waals surface area contributed by atoms with E-state index in [1.165, 1.54) is 29.5 Å². The molecule has 0 aliphatic carbocycles. The van der Waals surface area contributed by atoms with Gasteiger partial charge in [-0.15, -0.1) is 22.7 Å². The number of anilines is 2. The molecule has 3 aromatic heterocycles. The van der Waals surface area contributed by atoms with Crippen molar-refractivity contribution in [3.63, 3.8) is 0 Å². The fourth-order valence-corrected chi connectivity index (χ4v) is 9.34. The molecule has 3 aliphatic heterocycles. The molecule has 2 N–H and O–H groups in total. The van der Waals surface area contributed by atoms with E-state index >= 15 is 4.39 Å². The summed E-state index contributed by atoms with van der Waals surface area (Å²) < 4.78 is 52.8. The number of carbonyl (C=O) groups is 1. The van der Waals surface area contributed by atoms with Gasteiger partial charge in [0, 0.05) is 73.1 Å². The normalized spacial score (nSPS) is 20.9. The molecule has 0 saturated carbocycles. The van der Waals surface area contributed by atoms with Crippen molar-refractivity contribution in [2.24, 2.45) is 0 Å². The number of carbonyl (C=O) groups excluding carboxylic acids is 1. The average Bonchev–Trinajstić information content (AvgIpc) is 3.91. The van der Waals surface area contributed by atoms with Crippen LogP contribution in [0.2, 0.25) is 5.02 Å². The Morgan fingerprint density at radius 2 is 2.04 bits per heavy atom. The minimum atomic E-state index is -0.962. The van der Waals surface area contributed by atoms with Crippen molar-refractivity contribution in [2.45, 2.75) is 31.0 Å². The lowest BCUT2D eigenvalue weighted by molar-refractivity contribution is -0.126. The summed E-state index contributed by atoms with van der Waals surface area (Å²) in [6.45, 7) is 2.75. The molecule has 1 amide bonds. The number of rotatable bonds is 7. The molecule has 3 saturated heterocycles. The molecule has 16 heteroatoms. The van der Waals surface area contributed by atoms with Gasteiger partial charge in [0.1, 0.15) is 46.0 Å². The summed E-state index contributed by atoms with van der Waals surface area (Å²) in [6, 6.07) is 6.06. The van der Waals surface area contributed by atoms with E-state index in [-0.39, 0.29) is 60.8 Å². The minimum absolute atomic E-state index is 0.00153. The topological polar surface area (TPSA) is 125 Å². The van der Waals surface area contributed by atoms with E-state index in [9.17, 15) is 18.8 Å². The number of fused-ring (bicyclic) bond motifs is 3. The molecule has 0 spiro atoms. The Hall–Kier alpha value is -4.49. The summed E-state index contributed by atoms with van der Waals surface area (Å²) >= 11 is 9.18. The number of benzene rings is 2. The van der Waals surface area contributed by atoms with Crippen molar-refractivity contribution >= 4 is 78.1 Å². The molecule has 0 unspecified atom stereocenters. The molecule has 2 atom stereocenters. The third kappa shape index (κ3) is 5.93. The molecule has 10 nitrogen and oxygen atoms in total. The third-order valence-electron chi connectivity index (χ3n) is 9.98. The number of nitrogens with zero attached hydrogens (tertiary/aromatic N) is 7. The number of ether oxygens (including phenoxy) is 1. The molecule has 2 aromatic carbocycles. The monoisotopic (exact) mass is 750 g/mol. The molecule has 5 aromatic rings. The first kappa shape index (κ1) is 33.6. The van der Waals surface area contributed by atoms with E-state index < -0.39 is 23.3 Å². The minimum Gasteiger partial charge on any atom is -0.461 e. The number of halogens is 4. The maximum absolute atomic E-state index is 17.0. The number of hydrogen-bond donors (Lipinski definition) is 1. The van der Waals surface area contributed by atoms with Crippen molar-refractivity contribution in [1.82, 2.24) is 24.8 Å². The number of alkyl halides is 1. The predicted molar refractivity (Wildman–Crippen MR) is 193 cm³/mol. The van der Waals surface area contributed by atoms with Gasteiger partial charge in [0.15, 0.2) is 5.82 Å². The summed E-state index contributed by atoms with van der Waals surface area (Å²) in [5.41, 5.74) is 5.64. The fourth-order valence-electron chi connectivity index (χ4n) is 7.57. The number of aromatic nitrogens is 3. The Balaban J connectivity index is 1.19. The summed E-state index contributed by atoms with van der Waals surface area (Å²) in [6.07, 6.45) is 5.91. The number of thiophene rings is 1. The molecular weight excluding hydrogens is 721 g/mol. The number of amides is 1. The van der Waals surface area contributed by atoms with Crippen LogP contribution in [0, 0.1) is 23.0 Å². The first-order valence-electron chi connectivity index (χ1n) is 16.4. The number of nitriles is 1. The molecule has 262 valence electrons. The summed E-state index contributed by atoms with van der Waals surface area (Å²) in [5.74, 6) is -1.19. The lowest BCUT2D eigenvalue weighted by atomic mass is 9.95. The van der Waals surface area contributed by atoms with Gasteiger partial charge in [-0.1, -0.05) is 17.7 Å². The molecule has 8 rings (SSSR count).